The van der Waals surface area contributed by atoms with Crippen molar-refractivity contribution in [1.29, 1.82) is 0 Å². The molecule has 0 bridgehead atoms. The van der Waals surface area contributed by atoms with E-state index in [0.717, 1.165) is 49.9 Å². The van der Waals surface area contributed by atoms with Gasteiger partial charge in [-0.1, -0.05) is 23.7 Å². The number of hydrogen-bond acceptors (Lipinski definition) is 4. The lowest BCUT2D eigenvalue weighted by molar-refractivity contribution is -0.133. The molecule has 3 heterocycles. The Morgan fingerprint density at radius 1 is 1.12 bits per heavy atom. The Kier molecular flexibility index (Phi) is 5.48. The third kappa shape index (κ3) is 3.90. The number of amides is 1. The van der Waals surface area contributed by atoms with Crippen molar-refractivity contribution in [3.63, 3.8) is 0 Å². The number of rotatable bonds is 4. The van der Waals surface area contributed by atoms with E-state index in [1.165, 1.54) is 11.3 Å². The number of halogens is 1. The summed E-state index contributed by atoms with van der Waals surface area (Å²) in [5.41, 5.74) is 1.14. The molecule has 4 rings (SSSR count). The molecule has 4 nitrogen and oxygen atoms in total. The molecule has 6 heteroatoms. The Morgan fingerprint density at radius 2 is 1.96 bits per heavy atom. The average molecular weight is 390 g/mol. The maximum atomic E-state index is 12.8. The highest BCUT2D eigenvalue weighted by Gasteiger charge is 2.30. The number of hydrogen-bond donors (Lipinski definition) is 0. The fourth-order valence-electron chi connectivity index (χ4n) is 3.98. The molecule has 2 fully saturated rings. The summed E-state index contributed by atoms with van der Waals surface area (Å²) >= 11 is 7.90. The Labute approximate surface area is 164 Å². The first-order chi connectivity index (χ1) is 12.7. The molecule has 1 aromatic heterocycles. The molecule has 0 spiro atoms. The maximum absolute atomic E-state index is 12.8. The third-order valence-electron chi connectivity index (χ3n) is 5.38. The minimum Gasteiger partial charge on any atom is -0.368 e. The van der Waals surface area contributed by atoms with Crippen molar-refractivity contribution in [2.24, 2.45) is 0 Å². The second kappa shape index (κ2) is 7.99. The van der Waals surface area contributed by atoms with Gasteiger partial charge in [-0.15, -0.1) is 11.3 Å². The molecular weight excluding hydrogens is 366 g/mol. The van der Waals surface area contributed by atoms with E-state index in [2.05, 4.69) is 33.4 Å². The van der Waals surface area contributed by atoms with Gasteiger partial charge in [0, 0.05) is 47.8 Å². The standard InChI is InChI=1S/C20H24ClN3OS/c21-16-4-1-5-17(14-16)22-9-11-23(12-10-22)20(25)15-24-8-2-6-18(24)19-7-3-13-26-19/h1,3-5,7,13-14,18H,2,6,8-12,15H2/t18-/m1/s1. The fourth-order valence-corrected chi connectivity index (χ4v) is 5.06. The monoisotopic (exact) mass is 389 g/mol. The highest BCUT2D eigenvalue weighted by Crippen LogP contribution is 2.34. The van der Waals surface area contributed by atoms with E-state index >= 15 is 0 Å². The number of likely N-dealkylation sites (tertiary alicyclic amines) is 1. The first-order valence-electron chi connectivity index (χ1n) is 9.26. The SMILES string of the molecule is O=C(CN1CCC[C@@H]1c1cccs1)N1CCN(c2cccc(Cl)c2)CC1. The van der Waals surface area contributed by atoms with Crippen LogP contribution >= 0.6 is 22.9 Å². The van der Waals surface area contributed by atoms with Gasteiger partial charge in [0.1, 0.15) is 0 Å². The molecule has 0 N–H and O–H groups in total. The van der Waals surface area contributed by atoms with E-state index in [1.54, 1.807) is 11.3 Å². The topological polar surface area (TPSA) is 26.8 Å². The van der Waals surface area contributed by atoms with Gasteiger partial charge in [0.25, 0.3) is 0 Å². The summed E-state index contributed by atoms with van der Waals surface area (Å²) < 4.78 is 0. The van der Waals surface area contributed by atoms with Crippen LogP contribution < -0.4 is 4.90 Å². The van der Waals surface area contributed by atoms with Gasteiger partial charge in [0.15, 0.2) is 0 Å². The minimum absolute atomic E-state index is 0.263. The quantitative estimate of drug-likeness (QED) is 0.793. The number of benzene rings is 1. The van der Waals surface area contributed by atoms with Crippen LogP contribution in [0.3, 0.4) is 0 Å². The van der Waals surface area contributed by atoms with Crippen molar-refractivity contribution in [2.75, 3.05) is 44.2 Å². The zero-order chi connectivity index (χ0) is 17.9. The molecule has 2 aromatic rings. The predicted molar refractivity (Wildman–Crippen MR) is 108 cm³/mol. The number of carbonyl (C=O) groups excluding carboxylic acids is 1. The lowest BCUT2D eigenvalue weighted by Gasteiger charge is -2.37. The van der Waals surface area contributed by atoms with Crippen LogP contribution in [0.15, 0.2) is 41.8 Å². The normalized spacial score (nSPS) is 21.3. The van der Waals surface area contributed by atoms with Crippen LogP contribution in [0.4, 0.5) is 5.69 Å². The molecular formula is C20H24ClN3OS. The van der Waals surface area contributed by atoms with Crippen LogP contribution in [-0.4, -0.2) is 55.0 Å². The van der Waals surface area contributed by atoms with Gasteiger partial charge >= 0.3 is 0 Å². The molecule has 1 amide bonds. The third-order valence-corrected chi connectivity index (χ3v) is 6.59. The number of piperazine rings is 1. The second-order valence-corrected chi connectivity index (χ2v) is 8.41. The smallest absolute Gasteiger partial charge is 0.236 e. The first kappa shape index (κ1) is 17.8. The summed E-state index contributed by atoms with van der Waals surface area (Å²) in [7, 11) is 0. The van der Waals surface area contributed by atoms with E-state index in [4.69, 9.17) is 11.6 Å². The molecule has 0 radical (unpaired) electrons. The van der Waals surface area contributed by atoms with Gasteiger partial charge in [0.2, 0.25) is 5.91 Å². The van der Waals surface area contributed by atoms with Crippen LogP contribution in [0, 0.1) is 0 Å². The molecule has 2 aliphatic rings. The highest BCUT2D eigenvalue weighted by atomic mass is 35.5. The molecule has 1 atom stereocenters. The lowest BCUT2D eigenvalue weighted by Crippen LogP contribution is -2.51. The summed E-state index contributed by atoms with van der Waals surface area (Å²) in [5.74, 6) is 0.263. The van der Waals surface area contributed by atoms with Crippen molar-refractivity contribution in [3.05, 3.63) is 51.7 Å². The summed E-state index contributed by atoms with van der Waals surface area (Å²) in [6, 6.07) is 12.7. The van der Waals surface area contributed by atoms with Gasteiger partial charge < -0.3 is 9.80 Å². The predicted octanol–water partition coefficient (Wildman–Crippen LogP) is 3.89. The molecule has 0 aliphatic carbocycles. The maximum Gasteiger partial charge on any atom is 0.236 e. The summed E-state index contributed by atoms with van der Waals surface area (Å²) in [5, 5.41) is 2.89. The zero-order valence-corrected chi connectivity index (χ0v) is 16.4. The zero-order valence-electron chi connectivity index (χ0n) is 14.8. The minimum atomic E-state index is 0.263. The van der Waals surface area contributed by atoms with Crippen LogP contribution in [0.25, 0.3) is 0 Å². The van der Waals surface area contributed by atoms with Crippen LogP contribution in [-0.2, 0) is 4.79 Å². The Bertz CT molecular complexity index is 743. The van der Waals surface area contributed by atoms with Gasteiger partial charge in [-0.3, -0.25) is 9.69 Å². The van der Waals surface area contributed by atoms with Crippen LogP contribution in [0.1, 0.15) is 23.8 Å². The Morgan fingerprint density at radius 3 is 2.69 bits per heavy atom. The van der Waals surface area contributed by atoms with E-state index in [0.29, 0.717) is 12.6 Å². The van der Waals surface area contributed by atoms with Crippen molar-refractivity contribution < 1.29 is 4.79 Å². The number of anilines is 1. The van der Waals surface area contributed by atoms with E-state index < -0.39 is 0 Å². The molecule has 2 aliphatic heterocycles. The van der Waals surface area contributed by atoms with Gasteiger partial charge in [-0.05, 0) is 49.0 Å². The van der Waals surface area contributed by atoms with Gasteiger partial charge in [0.05, 0.1) is 6.54 Å². The molecule has 138 valence electrons. The first-order valence-corrected chi connectivity index (χ1v) is 10.5. The van der Waals surface area contributed by atoms with Crippen molar-refractivity contribution in [2.45, 2.75) is 18.9 Å². The van der Waals surface area contributed by atoms with E-state index in [1.807, 2.05) is 23.1 Å². The van der Waals surface area contributed by atoms with Gasteiger partial charge in [-0.2, -0.15) is 0 Å². The molecule has 0 saturated carbocycles. The molecule has 26 heavy (non-hydrogen) atoms. The second-order valence-electron chi connectivity index (χ2n) is 6.99. The molecule has 2 saturated heterocycles. The summed E-state index contributed by atoms with van der Waals surface area (Å²) in [4.78, 5) is 20.9. The Hall–Kier alpha value is -1.56. The summed E-state index contributed by atoms with van der Waals surface area (Å²) in [6.07, 6.45) is 2.34. The largest absolute Gasteiger partial charge is 0.368 e. The number of thiophene rings is 1. The fraction of sp³-hybridized carbons (Fsp3) is 0.450. The van der Waals surface area contributed by atoms with E-state index in [9.17, 15) is 4.79 Å². The summed E-state index contributed by atoms with van der Waals surface area (Å²) in [6.45, 7) is 4.85. The van der Waals surface area contributed by atoms with Crippen LogP contribution in [0.5, 0.6) is 0 Å². The number of nitrogens with zero attached hydrogens (tertiary/aromatic N) is 3. The van der Waals surface area contributed by atoms with Crippen molar-refractivity contribution in [1.82, 2.24) is 9.80 Å². The van der Waals surface area contributed by atoms with E-state index in [-0.39, 0.29) is 5.91 Å². The Balaban J connectivity index is 1.32. The molecule has 1 aromatic carbocycles. The lowest BCUT2D eigenvalue weighted by atomic mass is 10.2. The number of carbonyl (C=O) groups is 1. The van der Waals surface area contributed by atoms with Crippen LogP contribution in [0.2, 0.25) is 5.02 Å². The van der Waals surface area contributed by atoms with Crippen molar-refractivity contribution in [3.8, 4) is 0 Å². The molecule has 0 unspecified atom stereocenters. The van der Waals surface area contributed by atoms with Gasteiger partial charge in [-0.25, -0.2) is 0 Å². The van der Waals surface area contributed by atoms with Crippen molar-refractivity contribution >= 4 is 34.5 Å². The highest BCUT2D eigenvalue weighted by molar-refractivity contribution is 7.10. The average Bonchev–Trinajstić information content (AvgIpc) is 3.33.